The normalized spacial score (nSPS) is 16.5. The molecule has 0 radical (unpaired) electrons. The van der Waals surface area contributed by atoms with Crippen molar-refractivity contribution in [2.45, 2.75) is 30.6 Å². The molecule has 140 valence electrons. The Hall–Kier alpha value is -1.70. The first-order chi connectivity index (χ1) is 12.6. The van der Waals surface area contributed by atoms with Crippen molar-refractivity contribution < 1.29 is 13.2 Å². The number of nitrogens with zero attached hydrogens (tertiary/aromatic N) is 1. The summed E-state index contributed by atoms with van der Waals surface area (Å²) in [5.74, 6) is 0.310. The van der Waals surface area contributed by atoms with Crippen LogP contribution in [-0.2, 0) is 21.2 Å². The Morgan fingerprint density at radius 2 is 1.85 bits per heavy atom. The molecular formula is C19H24N2O3S2. The fourth-order valence-corrected chi connectivity index (χ4v) is 5.41. The van der Waals surface area contributed by atoms with Gasteiger partial charge in [-0.1, -0.05) is 24.3 Å². The number of benzene rings is 1. The lowest BCUT2D eigenvalue weighted by atomic mass is 9.94. The molecule has 1 fully saturated rings. The summed E-state index contributed by atoms with van der Waals surface area (Å²) in [4.78, 5) is 13.7. The predicted octanol–water partition coefficient (Wildman–Crippen LogP) is 2.90. The first-order valence-electron chi connectivity index (χ1n) is 8.90. The van der Waals surface area contributed by atoms with E-state index in [1.165, 1.54) is 9.18 Å². The van der Waals surface area contributed by atoms with Crippen LogP contribution >= 0.6 is 11.3 Å². The van der Waals surface area contributed by atoms with E-state index in [0.717, 1.165) is 19.3 Å². The minimum Gasteiger partial charge on any atom is -0.356 e. The van der Waals surface area contributed by atoms with Gasteiger partial charge in [0.1, 0.15) is 0 Å². The number of amides is 1. The standard InChI is InChI=1S/C19H24N2O3S2/c22-19(20-11-8-17-5-4-14-25-17)15-16-9-12-21(13-10-16)26(23,24)18-6-2-1-3-7-18/h1-7,14,16H,8-13,15H2,(H,20,22). The highest BCUT2D eigenvalue weighted by Crippen LogP contribution is 2.25. The fourth-order valence-electron chi connectivity index (χ4n) is 3.21. The van der Waals surface area contributed by atoms with Gasteiger partial charge in [0.2, 0.25) is 15.9 Å². The second kappa shape index (κ2) is 8.79. The number of nitrogens with one attached hydrogen (secondary N) is 1. The molecule has 0 unspecified atom stereocenters. The minimum atomic E-state index is -3.42. The van der Waals surface area contributed by atoms with E-state index < -0.39 is 10.0 Å². The monoisotopic (exact) mass is 392 g/mol. The highest BCUT2D eigenvalue weighted by molar-refractivity contribution is 7.89. The largest absolute Gasteiger partial charge is 0.356 e. The molecule has 1 amide bonds. The number of rotatable bonds is 7. The van der Waals surface area contributed by atoms with E-state index in [4.69, 9.17) is 0 Å². The molecule has 0 atom stereocenters. The summed E-state index contributed by atoms with van der Waals surface area (Å²) in [6.45, 7) is 1.61. The molecule has 1 N–H and O–H groups in total. The molecule has 0 spiro atoms. The van der Waals surface area contributed by atoms with Crippen molar-refractivity contribution in [3.8, 4) is 0 Å². The molecule has 1 aromatic heterocycles. The quantitative estimate of drug-likeness (QED) is 0.788. The Labute approximate surface area is 159 Å². The van der Waals surface area contributed by atoms with Crippen molar-refractivity contribution >= 4 is 27.3 Å². The maximum Gasteiger partial charge on any atom is 0.243 e. The van der Waals surface area contributed by atoms with Crippen LogP contribution in [0, 0.1) is 5.92 Å². The minimum absolute atomic E-state index is 0.0610. The lowest BCUT2D eigenvalue weighted by molar-refractivity contribution is -0.122. The maximum absolute atomic E-state index is 12.6. The average Bonchev–Trinajstić information content (AvgIpc) is 3.16. The molecule has 3 rings (SSSR count). The Morgan fingerprint density at radius 3 is 2.50 bits per heavy atom. The summed E-state index contributed by atoms with van der Waals surface area (Å²) < 4.78 is 26.8. The van der Waals surface area contributed by atoms with E-state index in [1.807, 2.05) is 17.5 Å². The highest BCUT2D eigenvalue weighted by atomic mass is 32.2. The van der Waals surface area contributed by atoms with Gasteiger partial charge >= 0.3 is 0 Å². The van der Waals surface area contributed by atoms with Gasteiger partial charge in [-0.05, 0) is 48.8 Å². The van der Waals surface area contributed by atoms with Gasteiger partial charge in [-0.2, -0.15) is 4.31 Å². The van der Waals surface area contributed by atoms with Crippen molar-refractivity contribution in [3.63, 3.8) is 0 Å². The first-order valence-corrected chi connectivity index (χ1v) is 11.2. The topological polar surface area (TPSA) is 66.5 Å². The molecular weight excluding hydrogens is 368 g/mol. The lowest BCUT2D eigenvalue weighted by Crippen LogP contribution is -2.39. The molecule has 0 aliphatic carbocycles. The summed E-state index contributed by atoms with van der Waals surface area (Å²) in [6, 6.07) is 12.6. The molecule has 1 saturated heterocycles. The van der Waals surface area contributed by atoms with Crippen LogP contribution in [0.3, 0.4) is 0 Å². The average molecular weight is 393 g/mol. The van der Waals surface area contributed by atoms with Crippen LogP contribution < -0.4 is 5.32 Å². The van der Waals surface area contributed by atoms with Crippen LogP contribution in [0.5, 0.6) is 0 Å². The number of piperidine rings is 1. The molecule has 1 aliphatic heterocycles. The number of sulfonamides is 1. The molecule has 7 heteroatoms. The molecule has 2 aromatic rings. The number of carbonyl (C=O) groups is 1. The Morgan fingerprint density at radius 1 is 1.12 bits per heavy atom. The molecule has 2 heterocycles. The Balaban J connectivity index is 1.43. The van der Waals surface area contributed by atoms with Gasteiger partial charge in [0.05, 0.1) is 4.90 Å². The molecule has 0 saturated carbocycles. The van der Waals surface area contributed by atoms with Gasteiger partial charge in [0.15, 0.2) is 0 Å². The molecule has 1 aromatic carbocycles. The van der Waals surface area contributed by atoms with Crippen molar-refractivity contribution in [1.82, 2.24) is 9.62 Å². The van der Waals surface area contributed by atoms with E-state index in [1.54, 1.807) is 35.6 Å². The van der Waals surface area contributed by atoms with Crippen LogP contribution in [0.4, 0.5) is 0 Å². The number of hydrogen-bond acceptors (Lipinski definition) is 4. The second-order valence-corrected chi connectivity index (χ2v) is 9.51. The van der Waals surface area contributed by atoms with Crippen LogP contribution in [0.25, 0.3) is 0 Å². The van der Waals surface area contributed by atoms with Crippen molar-refractivity contribution in [2.75, 3.05) is 19.6 Å². The third-order valence-corrected chi connectivity index (χ3v) is 7.55. The van der Waals surface area contributed by atoms with Gasteiger partial charge in [-0.15, -0.1) is 11.3 Å². The van der Waals surface area contributed by atoms with Gasteiger partial charge in [-0.25, -0.2) is 8.42 Å². The zero-order chi connectivity index (χ0) is 18.4. The molecule has 1 aliphatic rings. The maximum atomic E-state index is 12.6. The van der Waals surface area contributed by atoms with Gasteiger partial charge in [0, 0.05) is 30.9 Å². The number of thiophene rings is 1. The van der Waals surface area contributed by atoms with E-state index in [9.17, 15) is 13.2 Å². The zero-order valence-electron chi connectivity index (χ0n) is 14.6. The SMILES string of the molecule is O=C(CC1CCN(S(=O)(=O)c2ccccc2)CC1)NCCc1cccs1. The molecule has 26 heavy (non-hydrogen) atoms. The predicted molar refractivity (Wildman–Crippen MR) is 104 cm³/mol. The van der Waals surface area contributed by atoms with Crippen molar-refractivity contribution in [3.05, 3.63) is 52.7 Å². The summed E-state index contributed by atoms with van der Waals surface area (Å²) >= 11 is 1.70. The summed E-state index contributed by atoms with van der Waals surface area (Å²) in [5.41, 5.74) is 0. The van der Waals surface area contributed by atoms with Crippen LogP contribution in [0.2, 0.25) is 0 Å². The molecule has 5 nitrogen and oxygen atoms in total. The van der Waals surface area contributed by atoms with Crippen molar-refractivity contribution in [1.29, 1.82) is 0 Å². The zero-order valence-corrected chi connectivity index (χ0v) is 16.3. The third-order valence-electron chi connectivity index (χ3n) is 4.70. The summed E-state index contributed by atoms with van der Waals surface area (Å²) in [6.07, 6.45) is 2.79. The van der Waals surface area contributed by atoms with Crippen LogP contribution in [0.15, 0.2) is 52.7 Å². The van der Waals surface area contributed by atoms with Crippen molar-refractivity contribution in [2.24, 2.45) is 5.92 Å². The highest BCUT2D eigenvalue weighted by Gasteiger charge is 2.29. The fraction of sp³-hybridized carbons (Fsp3) is 0.421. The van der Waals surface area contributed by atoms with E-state index in [-0.39, 0.29) is 11.8 Å². The number of carbonyl (C=O) groups excluding carboxylic acids is 1. The summed E-state index contributed by atoms with van der Waals surface area (Å²) in [7, 11) is -3.42. The number of hydrogen-bond donors (Lipinski definition) is 1. The van der Waals surface area contributed by atoms with E-state index >= 15 is 0 Å². The molecule has 0 bridgehead atoms. The second-order valence-electron chi connectivity index (χ2n) is 6.54. The van der Waals surface area contributed by atoms with E-state index in [0.29, 0.717) is 31.0 Å². The van der Waals surface area contributed by atoms with Gasteiger partial charge in [0.25, 0.3) is 0 Å². The third kappa shape index (κ3) is 4.93. The first kappa shape index (κ1) is 19.1. The Bertz CT molecular complexity index is 797. The lowest BCUT2D eigenvalue weighted by Gasteiger charge is -2.31. The van der Waals surface area contributed by atoms with Gasteiger partial charge in [-0.3, -0.25) is 4.79 Å². The van der Waals surface area contributed by atoms with Crippen LogP contribution in [0.1, 0.15) is 24.1 Å². The van der Waals surface area contributed by atoms with Crippen LogP contribution in [-0.4, -0.2) is 38.3 Å². The van der Waals surface area contributed by atoms with E-state index in [2.05, 4.69) is 11.4 Å². The smallest absolute Gasteiger partial charge is 0.243 e. The summed E-state index contributed by atoms with van der Waals surface area (Å²) in [5, 5.41) is 5.01. The Kier molecular flexibility index (Phi) is 6.45. The van der Waals surface area contributed by atoms with Gasteiger partial charge < -0.3 is 5.32 Å².